The number of nitrogens with zero attached hydrogens (tertiary/aromatic N) is 1. The van der Waals surface area contributed by atoms with Crippen molar-refractivity contribution in [3.63, 3.8) is 0 Å². The van der Waals surface area contributed by atoms with Gasteiger partial charge < -0.3 is 4.90 Å². The van der Waals surface area contributed by atoms with Gasteiger partial charge in [0, 0.05) is 31.6 Å². The van der Waals surface area contributed by atoms with Crippen molar-refractivity contribution in [3.05, 3.63) is 71.8 Å². The van der Waals surface area contributed by atoms with E-state index in [2.05, 4.69) is 83.3 Å². The molecule has 26 heavy (non-hydrogen) atoms. The molecule has 2 fully saturated rings. The molecule has 0 radical (unpaired) electrons. The minimum Gasteiger partial charge on any atom is -0.302 e. The second-order valence-electron chi connectivity index (χ2n) is 8.06. The van der Waals surface area contributed by atoms with Crippen molar-refractivity contribution in [1.82, 2.24) is 15.8 Å². The van der Waals surface area contributed by atoms with Crippen LogP contribution < -0.4 is 10.9 Å². The first-order chi connectivity index (χ1) is 12.8. The zero-order valence-electron chi connectivity index (χ0n) is 15.8. The smallest absolute Gasteiger partial charge is 0.0291 e. The first-order valence-electron chi connectivity index (χ1n) is 10.1. The molecule has 2 saturated heterocycles. The lowest BCUT2D eigenvalue weighted by atomic mass is 9.84. The van der Waals surface area contributed by atoms with Crippen LogP contribution in [0.1, 0.15) is 36.8 Å². The van der Waals surface area contributed by atoms with Gasteiger partial charge in [-0.25, -0.2) is 0 Å². The van der Waals surface area contributed by atoms with Crippen LogP contribution in [0.25, 0.3) is 0 Å². The van der Waals surface area contributed by atoms with E-state index in [0.717, 1.165) is 24.9 Å². The molecular weight excluding hydrogens is 318 g/mol. The number of hydrogen-bond donors (Lipinski definition) is 2. The molecule has 3 unspecified atom stereocenters. The van der Waals surface area contributed by atoms with Gasteiger partial charge in [0.25, 0.3) is 0 Å². The molecule has 3 heteroatoms. The number of piperidine rings is 1. The molecule has 2 N–H and O–H groups in total. The maximum absolute atomic E-state index is 3.54. The summed E-state index contributed by atoms with van der Waals surface area (Å²) >= 11 is 0. The van der Waals surface area contributed by atoms with Crippen LogP contribution in [0.3, 0.4) is 0 Å². The molecule has 0 amide bonds. The van der Waals surface area contributed by atoms with E-state index in [0.29, 0.717) is 12.0 Å². The van der Waals surface area contributed by atoms with Gasteiger partial charge in [-0.1, -0.05) is 67.6 Å². The summed E-state index contributed by atoms with van der Waals surface area (Å²) in [4.78, 5) is 2.70. The van der Waals surface area contributed by atoms with E-state index in [1.54, 1.807) is 0 Å². The highest BCUT2D eigenvalue weighted by atomic mass is 15.4. The largest absolute Gasteiger partial charge is 0.302 e. The number of hydrazine groups is 1. The first-order valence-corrected chi connectivity index (χ1v) is 10.1. The Hall–Kier alpha value is -1.68. The molecule has 2 aromatic carbocycles. The van der Waals surface area contributed by atoms with Crippen LogP contribution in [0, 0.1) is 11.8 Å². The van der Waals surface area contributed by atoms with Crippen molar-refractivity contribution in [3.8, 4) is 0 Å². The minimum absolute atomic E-state index is 0.447. The summed E-state index contributed by atoms with van der Waals surface area (Å²) in [5, 5.41) is 0. The zero-order valence-corrected chi connectivity index (χ0v) is 15.8. The van der Waals surface area contributed by atoms with Crippen LogP contribution in [0.2, 0.25) is 0 Å². The van der Waals surface area contributed by atoms with Crippen molar-refractivity contribution >= 4 is 0 Å². The van der Waals surface area contributed by atoms with Crippen molar-refractivity contribution in [2.75, 3.05) is 26.2 Å². The first kappa shape index (κ1) is 17.7. The molecule has 0 spiro atoms. The third kappa shape index (κ3) is 4.01. The highest BCUT2D eigenvalue weighted by Gasteiger charge is 2.34. The maximum Gasteiger partial charge on any atom is 0.0291 e. The monoisotopic (exact) mass is 349 g/mol. The van der Waals surface area contributed by atoms with E-state index in [1.807, 2.05) is 0 Å². The van der Waals surface area contributed by atoms with Crippen molar-refractivity contribution in [2.24, 2.45) is 11.8 Å². The predicted octanol–water partition coefficient (Wildman–Crippen LogP) is 3.64. The van der Waals surface area contributed by atoms with Crippen LogP contribution >= 0.6 is 0 Å². The third-order valence-electron chi connectivity index (χ3n) is 6.20. The molecule has 2 aliphatic heterocycles. The molecule has 0 aromatic heterocycles. The van der Waals surface area contributed by atoms with Gasteiger partial charge in [-0.15, -0.1) is 0 Å². The number of benzene rings is 2. The van der Waals surface area contributed by atoms with Gasteiger partial charge in [-0.05, 0) is 42.3 Å². The molecule has 4 rings (SSSR count). The number of nitrogens with one attached hydrogen (secondary N) is 2. The minimum atomic E-state index is 0.447. The molecule has 0 aliphatic carbocycles. The predicted molar refractivity (Wildman–Crippen MR) is 108 cm³/mol. The zero-order chi connectivity index (χ0) is 17.8. The van der Waals surface area contributed by atoms with E-state index in [4.69, 9.17) is 0 Å². The van der Waals surface area contributed by atoms with Crippen molar-refractivity contribution in [2.45, 2.75) is 31.7 Å². The highest BCUT2D eigenvalue weighted by molar-refractivity contribution is 5.32. The lowest BCUT2D eigenvalue weighted by molar-refractivity contribution is 0.137. The Morgan fingerprint density at radius 3 is 2.23 bits per heavy atom. The fourth-order valence-electron chi connectivity index (χ4n) is 4.77. The molecule has 3 atom stereocenters. The van der Waals surface area contributed by atoms with Crippen LogP contribution in [0.15, 0.2) is 60.7 Å². The Morgan fingerprint density at radius 2 is 1.65 bits per heavy atom. The third-order valence-corrected chi connectivity index (χ3v) is 6.20. The summed E-state index contributed by atoms with van der Waals surface area (Å²) in [6.45, 7) is 7.01. The summed E-state index contributed by atoms with van der Waals surface area (Å²) in [5.41, 5.74) is 9.75. The summed E-state index contributed by atoms with van der Waals surface area (Å²) in [5.74, 6) is 1.92. The van der Waals surface area contributed by atoms with Gasteiger partial charge in [0.15, 0.2) is 0 Å². The summed E-state index contributed by atoms with van der Waals surface area (Å²) in [6, 6.07) is 22.6. The Labute approximate surface area is 157 Å². The second-order valence-corrected chi connectivity index (χ2v) is 8.06. The molecule has 138 valence electrons. The number of hydrogen-bond acceptors (Lipinski definition) is 3. The fourth-order valence-corrected chi connectivity index (χ4v) is 4.77. The second kappa shape index (κ2) is 8.34. The highest BCUT2D eigenvalue weighted by Crippen LogP contribution is 2.30. The summed E-state index contributed by atoms with van der Waals surface area (Å²) < 4.78 is 0. The van der Waals surface area contributed by atoms with E-state index in [1.165, 1.54) is 37.1 Å². The fraction of sp³-hybridized carbons (Fsp3) is 0.478. The quantitative estimate of drug-likeness (QED) is 0.863. The van der Waals surface area contributed by atoms with Crippen LogP contribution in [0.4, 0.5) is 0 Å². The molecular formula is C23H31N3. The molecule has 3 nitrogen and oxygen atoms in total. The van der Waals surface area contributed by atoms with E-state index in [9.17, 15) is 0 Å². The maximum atomic E-state index is 3.54. The van der Waals surface area contributed by atoms with Crippen LogP contribution in [-0.4, -0.2) is 37.1 Å². The Bertz CT molecular complexity index is 633. The van der Waals surface area contributed by atoms with Gasteiger partial charge in [-0.3, -0.25) is 10.9 Å². The van der Waals surface area contributed by atoms with Gasteiger partial charge in [0.2, 0.25) is 0 Å². The van der Waals surface area contributed by atoms with Crippen LogP contribution in [0.5, 0.6) is 0 Å². The SMILES string of the molecule is CC1CNNC1C1CCCN(CC(c2ccccc2)c2ccccc2)C1. The normalized spacial score (nSPS) is 27.1. The Morgan fingerprint density at radius 1 is 1.00 bits per heavy atom. The molecule has 2 aromatic rings. The standard InChI is InChI=1S/C23H31N3/c1-18-15-24-25-23(18)21-13-8-14-26(16-21)17-22(19-9-4-2-5-10-19)20-11-6-3-7-12-20/h2-7,9-12,18,21-25H,8,13-17H2,1H3. The van der Waals surface area contributed by atoms with E-state index >= 15 is 0 Å². The van der Waals surface area contributed by atoms with Crippen molar-refractivity contribution in [1.29, 1.82) is 0 Å². The molecule has 2 heterocycles. The molecule has 0 saturated carbocycles. The lowest BCUT2D eigenvalue weighted by Crippen LogP contribution is -2.47. The van der Waals surface area contributed by atoms with Crippen LogP contribution in [-0.2, 0) is 0 Å². The topological polar surface area (TPSA) is 27.3 Å². The Kier molecular flexibility index (Phi) is 5.68. The van der Waals surface area contributed by atoms with Gasteiger partial charge in [0.1, 0.15) is 0 Å². The summed E-state index contributed by atoms with van der Waals surface area (Å²) in [7, 11) is 0. The number of rotatable bonds is 5. The molecule has 0 bridgehead atoms. The lowest BCUT2D eigenvalue weighted by Gasteiger charge is -2.38. The summed E-state index contributed by atoms with van der Waals surface area (Å²) in [6.07, 6.45) is 2.66. The number of likely N-dealkylation sites (tertiary alicyclic amines) is 1. The van der Waals surface area contributed by atoms with Gasteiger partial charge >= 0.3 is 0 Å². The van der Waals surface area contributed by atoms with Gasteiger partial charge in [-0.2, -0.15) is 0 Å². The van der Waals surface area contributed by atoms with E-state index in [-0.39, 0.29) is 0 Å². The average molecular weight is 350 g/mol. The Balaban J connectivity index is 1.50. The van der Waals surface area contributed by atoms with Crippen molar-refractivity contribution < 1.29 is 0 Å². The van der Waals surface area contributed by atoms with Gasteiger partial charge in [0.05, 0.1) is 0 Å². The van der Waals surface area contributed by atoms with E-state index < -0.39 is 0 Å². The average Bonchev–Trinajstić information content (AvgIpc) is 3.14. The molecule has 2 aliphatic rings.